The van der Waals surface area contributed by atoms with Crippen molar-refractivity contribution in [2.24, 2.45) is 0 Å². The van der Waals surface area contributed by atoms with Crippen LogP contribution in [-0.2, 0) is 13.1 Å². The van der Waals surface area contributed by atoms with E-state index in [0.717, 1.165) is 43.9 Å². The van der Waals surface area contributed by atoms with E-state index in [1.807, 2.05) is 24.3 Å². The monoisotopic (exact) mass is 549 g/mol. The third kappa shape index (κ3) is 9.94. The lowest BCUT2D eigenvalue weighted by Crippen LogP contribution is -2.51. The molecule has 2 aromatic rings. The summed E-state index contributed by atoms with van der Waals surface area (Å²) in [5.74, 6) is 3.81. The summed E-state index contributed by atoms with van der Waals surface area (Å²) in [5, 5.41) is 12.6. The van der Waals surface area contributed by atoms with E-state index in [0.29, 0.717) is 47.6 Å². The Balaban J connectivity index is 1.70. The molecule has 220 valence electrons. The molecule has 0 aliphatic carbocycles. The molecule has 2 aromatic carbocycles. The molecule has 0 saturated heterocycles. The van der Waals surface area contributed by atoms with Gasteiger partial charge in [-0.3, -0.25) is 5.32 Å². The number of likely N-dealkylation sites (N-methyl/N-ethyl adjacent to an activating group) is 1. The maximum atomic E-state index is 5.45. The van der Waals surface area contributed by atoms with Gasteiger partial charge in [-0.2, -0.15) is 0 Å². The number of hydrazine groups is 1. The lowest BCUT2D eigenvalue weighted by atomic mass is 10.1. The van der Waals surface area contributed by atoms with Crippen molar-refractivity contribution in [3.8, 4) is 34.5 Å². The van der Waals surface area contributed by atoms with E-state index < -0.39 is 0 Å². The van der Waals surface area contributed by atoms with Gasteiger partial charge in [-0.05, 0) is 42.3 Å². The molecule has 0 amide bonds. The lowest BCUT2D eigenvalue weighted by Gasteiger charge is -2.27. The number of methoxy groups -OCH3 is 6. The molecule has 2 rings (SSSR count). The van der Waals surface area contributed by atoms with Crippen molar-refractivity contribution in [1.29, 1.82) is 0 Å². The van der Waals surface area contributed by atoms with Crippen LogP contribution >= 0.6 is 0 Å². The molecule has 0 aromatic heterocycles. The van der Waals surface area contributed by atoms with Crippen molar-refractivity contribution in [1.82, 2.24) is 26.4 Å². The molecule has 1 unspecified atom stereocenters. The fourth-order valence-corrected chi connectivity index (χ4v) is 4.13. The molecular formula is C28H47N5O6. The molecule has 1 atom stereocenters. The number of hydrogen-bond acceptors (Lipinski definition) is 11. The largest absolute Gasteiger partial charge is 0.493 e. The van der Waals surface area contributed by atoms with Gasteiger partial charge in [0, 0.05) is 45.8 Å². The van der Waals surface area contributed by atoms with E-state index in [-0.39, 0.29) is 6.17 Å². The van der Waals surface area contributed by atoms with Gasteiger partial charge in [0.2, 0.25) is 11.5 Å². The molecule has 4 N–H and O–H groups in total. The van der Waals surface area contributed by atoms with Crippen LogP contribution in [-0.4, -0.2) is 86.6 Å². The van der Waals surface area contributed by atoms with Gasteiger partial charge in [0.1, 0.15) is 0 Å². The zero-order valence-electron chi connectivity index (χ0n) is 24.7. The van der Waals surface area contributed by atoms with E-state index in [9.17, 15) is 0 Å². The Morgan fingerprint density at radius 3 is 1.54 bits per heavy atom. The smallest absolute Gasteiger partial charge is 0.203 e. The van der Waals surface area contributed by atoms with E-state index in [1.165, 1.54) is 0 Å². The highest BCUT2D eigenvalue weighted by molar-refractivity contribution is 5.54. The Morgan fingerprint density at radius 1 is 0.641 bits per heavy atom. The van der Waals surface area contributed by atoms with Crippen LogP contribution in [0.2, 0.25) is 0 Å². The Kier molecular flexibility index (Phi) is 14.5. The first kappa shape index (κ1) is 32.3. The molecule has 0 aliphatic heterocycles. The van der Waals surface area contributed by atoms with Gasteiger partial charge >= 0.3 is 0 Å². The van der Waals surface area contributed by atoms with Crippen molar-refractivity contribution in [2.45, 2.75) is 33.1 Å². The van der Waals surface area contributed by atoms with Crippen molar-refractivity contribution < 1.29 is 28.4 Å². The van der Waals surface area contributed by atoms with Crippen LogP contribution < -0.4 is 49.8 Å². The summed E-state index contributed by atoms with van der Waals surface area (Å²) in [6, 6.07) is 7.84. The molecule has 39 heavy (non-hydrogen) atoms. The van der Waals surface area contributed by atoms with E-state index >= 15 is 0 Å². The van der Waals surface area contributed by atoms with Crippen molar-refractivity contribution in [3.05, 3.63) is 35.4 Å². The van der Waals surface area contributed by atoms with E-state index in [2.05, 4.69) is 40.2 Å². The first-order valence-corrected chi connectivity index (χ1v) is 13.2. The summed E-state index contributed by atoms with van der Waals surface area (Å²) in [6.45, 7) is 9.91. The zero-order valence-corrected chi connectivity index (χ0v) is 24.7. The van der Waals surface area contributed by atoms with Gasteiger partial charge in [-0.25, -0.2) is 10.4 Å². The average Bonchev–Trinajstić information content (AvgIpc) is 2.97. The third-order valence-corrected chi connectivity index (χ3v) is 6.19. The van der Waals surface area contributed by atoms with Crippen molar-refractivity contribution >= 4 is 0 Å². The number of rotatable bonds is 20. The highest BCUT2D eigenvalue weighted by Crippen LogP contribution is 2.39. The molecular weight excluding hydrogens is 502 g/mol. The van der Waals surface area contributed by atoms with Crippen LogP contribution in [0.1, 0.15) is 25.0 Å². The molecule has 0 fully saturated rings. The highest BCUT2D eigenvalue weighted by Gasteiger charge is 2.15. The van der Waals surface area contributed by atoms with Crippen LogP contribution in [0.5, 0.6) is 34.5 Å². The highest BCUT2D eigenvalue weighted by atomic mass is 16.5. The lowest BCUT2D eigenvalue weighted by molar-refractivity contribution is 0.157. The zero-order chi connectivity index (χ0) is 28.6. The molecule has 11 heteroatoms. The normalized spacial score (nSPS) is 11.8. The summed E-state index contributed by atoms with van der Waals surface area (Å²) >= 11 is 0. The number of nitrogens with one attached hydrogen (secondary N) is 4. The first-order valence-electron chi connectivity index (χ1n) is 13.2. The Morgan fingerprint density at radius 2 is 1.10 bits per heavy atom. The number of hydrogen-bond donors (Lipinski definition) is 4. The number of nitrogens with zero attached hydrogens (tertiary/aromatic N) is 1. The molecule has 0 spiro atoms. The molecule has 0 aliphatic rings. The van der Waals surface area contributed by atoms with Gasteiger partial charge < -0.3 is 39.1 Å². The first-order chi connectivity index (χ1) is 18.9. The minimum Gasteiger partial charge on any atom is -0.493 e. The van der Waals surface area contributed by atoms with Gasteiger partial charge in [-0.15, -0.1) is 0 Å². The quantitative estimate of drug-likeness (QED) is 0.111. The summed E-state index contributed by atoms with van der Waals surface area (Å²) in [6.07, 6.45) is 0.0733. The van der Waals surface area contributed by atoms with Gasteiger partial charge in [0.05, 0.1) is 48.8 Å². The van der Waals surface area contributed by atoms with Gasteiger partial charge in [0.25, 0.3) is 0 Å². The maximum Gasteiger partial charge on any atom is 0.203 e. The van der Waals surface area contributed by atoms with Crippen LogP contribution in [0, 0.1) is 0 Å². The fraction of sp³-hybridized carbons (Fsp3) is 0.571. The Bertz CT molecular complexity index is 943. The van der Waals surface area contributed by atoms with E-state index in [4.69, 9.17) is 28.4 Å². The number of benzene rings is 2. The average molecular weight is 550 g/mol. The summed E-state index contributed by atoms with van der Waals surface area (Å²) in [5.41, 5.74) is 5.63. The maximum absolute atomic E-state index is 5.45. The van der Waals surface area contributed by atoms with Crippen LogP contribution in [0.3, 0.4) is 0 Å². The molecule has 0 bridgehead atoms. The summed E-state index contributed by atoms with van der Waals surface area (Å²) < 4.78 is 32.6. The second kappa shape index (κ2) is 17.6. The minimum atomic E-state index is 0.0733. The van der Waals surface area contributed by atoms with Crippen molar-refractivity contribution in [2.75, 3.05) is 75.4 Å². The summed E-state index contributed by atoms with van der Waals surface area (Å²) in [7, 11) is 9.70. The molecule has 0 heterocycles. The summed E-state index contributed by atoms with van der Waals surface area (Å²) in [4.78, 5) is 0. The van der Waals surface area contributed by atoms with Crippen LogP contribution in [0.4, 0.5) is 0 Å². The molecule has 11 nitrogen and oxygen atoms in total. The molecule has 0 saturated carbocycles. The topological polar surface area (TPSA) is 107 Å². The number of ether oxygens (including phenoxy) is 6. The SMILES string of the molecule is CCN(CCNCCNCc1cc(OC)c(OC)c(OC)c1)NC(C)NCc1cc(OC)c(OC)c(OC)c1. The Hall–Kier alpha value is -2.96. The fourth-order valence-electron chi connectivity index (χ4n) is 4.13. The van der Waals surface area contributed by atoms with E-state index in [1.54, 1.807) is 42.7 Å². The van der Waals surface area contributed by atoms with Gasteiger partial charge in [-0.1, -0.05) is 6.92 Å². The minimum absolute atomic E-state index is 0.0733. The van der Waals surface area contributed by atoms with Gasteiger partial charge in [0.15, 0.2) is 23.0 Å². The van der Waals surface area contributed by atoms with Crippen LogP contribution in [0.15, 0.2) is 24.3 Å². The third-order valence-electron chi connectivity index (χ3n) is 6.19. The Labute approximate surface area is 233 Å². The second-order valence-electron chi connectivity index (χ2n) is 8.81. The predicted octanol–water partition coefficient (Wildman–Crippen LogP) is 2.38. The molecule has 0 radical (unpaired) electrons. The van der Waals surface area contributed by atoms with Crippen molar-refractivity contribution in [3.63, 3.8) is 0 Å². The standard InChI is InChI=1S/C28H47N5O6/c1-9-33(32-20(2)31-19-22-16-25(36-5)28(39-8)26(17-22)37-6)13-12-29-10-11-30-18-21-14-23(34-3)27(38-7)24(15-21)35-4/h14-17,20,29-32H,9-13,18-19H2,1-8H3. The predicted molar refractivity (Wildman–Crippen MR) is 153 cm³/mol. The van der Waals surface area contributed by atoms with Crippen LogP contribution in [0.25, 0.3) is 0 Å². The second-order valence-corrected chi connectivity index (χ2v) is 8.81.